The molecule has 0 bridgehead atoms. The predicted octanol–water partition coefficient (Wildman–Crippen LogP) is 12.2. The number of hydrogen-bond donors (Lipinski definition) is 0. The summed E-state index contributed by atoms with van der Waals surface area (Å²) in [4.78, 5) is 12.9. The lowest BCUT2D eigenvalue weighted by Gasteiger charge is -2.40. The maximum atomic E-state index is 6.46. The first-order valence-electron chi connectivity index (χ1n) is 17.2. The van der Waals surface area contributed by atoms with Crippen molar-refractivity contribution >= 4 is 33.7 Å². The van der Waals surface area contributed by atoms with Crippen LogP contribution in [0.4, 0.5) is 0 Å². The number of hydrogen-bond acceptors (Lipinski definition) is 4. The SMILES string of the molecule is c1ccc(-c2cc(-c3cccc4c3Sc3ccccc3C43c4ccccc4-c4c3ccc3oc5ccccc5c43)nc(-c3ccccc3)n2)cc1. The average molecular weight is 669 g/mol. The molecule has 7 aromatic carbocycles. The fourth-order valence-corrected chi connectivity index (χ4v) is 9.80. The number of aromatic nitrogens is 2. The van der Waals surface area contributed by atoms with Crippen molar-refractivity contribution in [3.05, 3.63) is 192 Å². The van der Waals surface area contributed by atoms with Gasteiger partial charge in [0, 0.05) is 37.3 Å². The largest absolute Gasteiger partial charge is 0.456 e. The van der Waals surface area contributed by atoms with Crippen molar-refractivity contribution in [1.82, 2.24) is 9.97 Å². The van der Waals surface area contributed by atoms with Crippen molar-refractivity contribution in [2.45, 2.75) is 15.2 Å². The van der Waals surface area contributed by atoms with Crippen LogP contribution in [-0.4, -0.2) is 9.97 Å². The van der Waals surface area contributed by atoms with Crippen LogP contribution in [0.25, 0.3) is 67.0 Å². The second kappa shape index (κ2) is 10.9. The molecule has 2 aliphatic rings. The molecule has 3 nitrogen and oxygen atoms in total. The summed E-state index contributed by atoms with van der Waals surface area (Å²) in [6.07, 6.45) is 0. The molecule has 11 rings (SSSR count). The fraction of sp³-hybridized carbons (Fsp3) is 0.0213. The van der Waals surface area contributed by atoms with Crippen molar-refractivity contribution < 1.29 is 4.42 Å². The van der Waals surface area contributed by atoms with E-state index in [2.05, 4.69) is 140 Å². The molecule has 1 spiro atoms. The second-order valence-electron chi connectivity index (χ2n) is 13.2. The number of nitrogens with zero attached hydrogens (tertiary/aromatic N) is 2. The van der Waals surface area contributed by atoms with E-state index in [1.165, 1.54) is 48.6 Å². The van der Waals surface area contributed by atoms with Crippen LogP contribution in [0.3, 0.4) is 0 Å². The van der Waals surface area contributed by atoms with Crippen LogP contribution in [0.5, 0.6) is 0 Å². The van der Waals surface area contributed by atoms with E-state index in [1.54, 1.807) is 0 Å². The van der Waals surface area contributed by atoms with E-state index in [0.29, 0.717) is 5.82 Å². The lowest BCUT2D eigenvalue weighted by molar-refractivity contribution is 0.668. The Labute approximate surface area is 299 Å². The van der Waals surface area contributed by atoms with Crippen LogP contribution in [0.2, 0.25) is 0 Å². The van der Waals surface area contributed by atoms with E-state index < -0.39 is 5.41 Å². The van der Waals surface area contributed by atoms with Crippen LogP contribution in [0.15, 0.2) is 184 Å². The van der Waals surface area contributed by atoms with Crippen LogP contribution < -0.4 is 0 Å². The summed E-state index contributed by atoms with van der Waals surface area (Å²) in [6, 6.07) is 60.5. The van der Waals surface area contributed by atoms with Crippen LogP contribution in [0, 0.1) is 0 Å². The molecule has 0 radical (unpaired) electrons. The van der Waals surface area contributed by atoms with Crippen LogP contribution in [-0.2, 0) is 5.41 Å². The van der Waals surface area contributed by atoms with Crippen molar-refractivity contribution in [1.29, 1.82) is 0 Å². The molecule has 1 atom stereocenters. The Bertz CT molecular complexity index is 2780. The molecule has 238 valence electrons. The highest BCUT2D eigenvalue weighted by atomic mass is 32.2. The van der Waals surface area contributed by atoms with E-state index in [-0.39, 0.29) is 0 Å². The van der Waals surface area contributed by atoms with Gasteiger partial charge in [0.25, 0.3) is 0 Å². The third kappa shape index (κ3) is 4.02. The van der Waals surface area contributed by atoms with Gasteiger partial charge < -0.3 is 4.42 Å². The lowest BCUT2D eigenvalue weighted by atomic mass is 9.67. The monoisotopic (exact) mass is 668 g/mol. The highest BCUT2D eigenvalue weighted by Crippen LogP contribution is 2.64. The molecule has 9 aromatic rings. The highest BCUT2D eigenvalue weighted by molar-refractivity contribution is 7.99. The summed E-state index contributed by atoms with van der Waals surface area (Å²) in [6.45, 7) is 0. The first-order valence-corrected chi connectivity index (χ1v) is 18.1. The topological polar surface area (TPSA) is 38.9 Å². The molecule has 0 amide bonds. The van der Waals surface area contributed by atoms with Gasteiger partial charge in [0.15, 0.2) is 5.82 Å². The molecule has 51 heavy (non-hydrogen) atoms. The quantitative estimate of drug-likeness (QED) is 0.188. The smallest absolute Gasteiger partial charge is 0.160 e. The van der Waals surface area contributed by atoms with E-state index in [4.69, 9.17) is 14.4 Å². The van der Waals surface area contributed by atoms with Gasteiger partial charge >= 0.3 is 0 Å². The van der Waals surface area contributed by atoms with Gasteiger partial charge in [0.2, 0.25) is 0 Å². The van der Waals surface area contributed by atoms with E-state index in [9.17, 15) is 0 Å². The van der Waals surface area contributed by atoms with Crippen molar-refractivity contribution in [2.75, 3.05) is 0 Å². The summed E-state index contributed by atoms with van der Waals surface area (Å²) >= 11 is 1.85. The molecule has 1 unspecified atom stereocenters. The Morgan fingerprint density at radius 2 is 1.14 bits per heavy atom. The molecule has 3 heterocycles. The number of furan rings is 1. The Hall–Kier alpha value is -6.23. The average Bonchev–Trinajstić information content (AvgIpc) is 3.72. The maximum Gasteiger partial charge on any atom is 0.160 e. The molecule has 0 N–H and O–H groups in total. The molecule has 0 fully saturated rings. The predicted molar refractivity (Wildman–Crippen MR) is 207 cm³/mol. The molecular formula is C47H28N2OS. The molecule has 2 aromatic heterocycles. The molecule has 0 saturated heterocycles. The standard InChI is InChI=1S/C47H28N2OS/c1-3-14-29(15-4-1)38-28-39(49-46(48-38)30-16-5-2-6-17-30)32-20-13-23-37-45(32)51-42-25-12-10-22-35(42)47(37)34-21-9-7-18-31(34)43-36(47)26-27-41-44(43)33-19-8-11-24-40(33)50-41/h1-28H. The zero-order chi connectivity index (χ0) is 33.5. The molecule has 1 aliphatic carbocycles. The van der Waals surface area contributed by atoms with Crippen molar-refractivity contribution in [2.24, 2.45) is 0 Å². The van der Waals surface area contributed by atoms with Gasteiger partial charge in [-0.2, -0.15) is 0 Å². The minimum absolute atomic E-state index is 0.538. The Kier molecular flexibility index (Phi) is 6.10. The first kappa shape index (κ1) is 28.6. The number of rotatable bonds is 3. The maximum absolute atomic E-state index is 6.46. The molecule has 4 heteroatoms. The fourth-order valence-electron chi connectivity index (χ4n) is 8.49. The minimum atomic E-state index is -0.538. The molecule has 0 saturated carbocycles. The third-order valence-electron chi connectivity index (χ3n) is 10.6. The zero-order valence-corrected chi connectivity index (χ0v) is 28.2. The summed E-state index contributed by atoms with van der Waals surface area (Å²) in [5.41, 5.74) is 13.9. The lowest BCUT2D eigenvalue weighted by Crippen LogP contribution is -2.32. The zero-order valence-electron chi connectivity index (χ0n) is 27.4. The van der Waals surface area contributed by atoms with Crippen molar-refractivity contribution in [3.63, 3.8) is 0 Å². The number of fused-ring (bicyclic) bond motifs is 13. The van der Waals surface area contributed by atoms with Gasteiger partial charge in [-0.15, -0.1) is 0 Å². The minimum Gasteiger partial charge on any atom is -0.456 e. The Morgan fingerprint density at radius 3 is 2.00 bits per heavy atom. The van der Waals surface area contributed by atoms with Gasteiger partial charge in [-0.1, -0.05) is 157 Å². The highest BCUT2D eigenvalue weighted by Gasteiger charge is 2.51. The summed E-state index contributed by atoms with van der Waals surface area (Å²) in [5, 5.41) is 2.32. The van der Waals surface area contributed by atoms with Crippen LogP contribution >= 0.6 is 11.8 Å². The normalized spacial score (nSPS) is 15.5. The van der Waals surface area contributed by atoms with Gasteiger partial charge in [-0.05, 0) is 57.6 Å². The van der Waals surface area contributed by atoms with Gasteiger partial charge in [-0.25, -0.2) is 9.97 Å². The Balaban J connectivity index is 1.24. The van der Waals surface area contributed by atoms with Gasteiger partial charge in [0.05, 0.1) is 16.8 Å². The van der Waals surface area contributed by atoms with E-state index in [1.807, 2.05) is 42.1 Å². The van der Waals surface area contributed by atoms with E-state index in [0.717, 1.165) is 44.6 Å². The van der Waals surface area contributed by atoms with Crippen molar-refractivity contribution in [3.8, 4) is 45.0 Å². The summed E-state index contributed by atoms with van der Waals surface area (Å²) in [7, 11) is 0. The van der Waals surface area contributed by atoms with Crippen LogP contribution in [0.1, 0.15) is 22.3 Å². The second-order valence-corrected chi connectivity index (χ2v) is 14.3. The number of benzene rings is 7. The Morgan fingerprint density at radius 1 is 0.471 bits per heavy atom. The van der Waals surface area contributed by atoms with Gasteiger partial charge in [0.1, 0.15) is 11.2 Å². The molecule has 1 aliphatic heterocycles. The summed E-state index contributed by atoms with van der Waals surface area (Å²) < 4.78 is 6.46. The van der Waals surface area contributed by atoms with E-state index >= 15 is 0 Å². The first-order chi connectivity index (χ1) is 25.3. The molecular weight excluding hydrogens is 641 g/mol. The summed E-state index contributed by atoms with van der Waals surface area (Å²) in [5.74, 6) is 0.714. The van der Waals surface area contributed by atoms with Gasteiger partial charge in [-0.3, -0.25) is 0 Å². The number of para-hydroxylation sites is 1. The third-order valence-corrected chi connectivity index (χ3v) is 11.8.